The fraction of sp³-hybridized carbons (Fsp3) is 0.133. The number of nitrogens with zero attached hydrogens (tertiary/aromatic N) is 1. The van der Waals surface area contributed by atoms with Gasteiger partial charge in [0.15, 0.2) is 9.84 Å². The van der Waals surface area contributed by atoms with E-state index in [-0.39, 0.29) is 11.7 Å². The highest BCUT2D eigenvalue weighted by Crippen LogP contribution is 2.27. The summed E-state index contributed by atoms with van der Waals surface area (Å²) >= 11 is 4.70. The molecule has 7 heteroatoms. The molecule has 2 heterocycles. The van der Waals surface area contributed by atoms with Crippen LogP contribution in [0.25, 0.3) is 0 Å². The first-order chi connectivity index (χ1) is 10.5. The largest absolute Gasteiger partial charge is 0.300 e. The Morgan fingerprint density at radius 1 is 1.23 bits per heavy atom. The van der Waals surface area contributed by atoms with E-state index in [2.05, 4.69) is 15.9 Å². The van der Waals surface area contributed by atoms with Crippen LogP contribution in [0.15, 0.2) is 57.7 Å². The molecule has 1 aliphatic heterocycles. The highest BCUT2D eigenvalue weighted by Gasteiger charge is 2.32. The smallest absolute Gasteiger partial charge is 0.268 e. The lowest BCUT2D eigenvalue weighted by Gasteiger charge is -2.27. The van der Waals surface area contributed by atoms with Crippen molar-refractivity contribution < 1.29 is 13.2 Å². The van der Waals surface area contributed by atoms with Crippen LogP contribution in [0.2, 0.25) is 0 Å². The zero-order valence-electron chi connectivity index (χ0n) is 11.3. The molecule has 22 heavy (non-hydrogen) atoms. The monoisotopic (exact) mass is 397 g/mol. The number of hydrogen-bond donors (Lipinski definition) is 0. The molecule has 1 aromatic heterocycles. The van der Waals surface area contributed by atoms with Crippen molar-refractivity contribution in [1.29, 1.82) is 0 Å². The standard InChI is InChI=1S/C15H12BrNO3S2/c16-11-3-5-12(6-4-11)17(13-7-9-22(19,20)10-13)15(18)14-2-1-8-21-14/h1-9,13H,10H2/t13-/m1/s1. The first-order valence-electron chi connectivity index (χ1n) is 6.50. The predicted octanol–water partition coefficient (Wildman–Crippen LogP) is 3.47. The van der Waals surface area contributed by atoms with Gasteiger partial charge in [-0.15, -0.1) is 11.3 Å². The lowest BCUT2D eigenvalue weighted by molar-refractivity contribution is 0.0987. The van der Waals surface area contributed by atoms with E-state index in [1.165, 1.54) is 16.7 Å². The summed E-state index contributed by atoms with van der Waals surface area (Å²) in [6.45, 7) is 0. The Hall–Kier alpha value is -1.44. The summed E-state index contributed by atoms with van der Waals surface area (Å²) in [5, 5.41) is 3.01. The van der Waals surface area contributed by atoms with E-state index in [9.17, 15) is 13.2 Å². The normalized spacial score (nSPS) is 19.2. The first-order valence-corrected chi connectivity index (χ1v) is 9.89. The number of anilines is 1. The SMILES string of the molecule is O=C(c1cccs1)N(c1ccc(Br)cc1)[C@@H]1C=CS(=O)(=O)C1. The molecule has 0 fully saturated rings. The molecule has 1 amide bonds. The minimum Gasteiger partial charge on any atom is -0.300 e. The van der Waals surface area contributed by atoms with Gasteiger partial charge in [0.05, 0.1) is 16.7 Å². The Kier molecular flexibility index (Phi) is 4.20. The molecule has 4 nitrogen and oxygen atoms in total. The minimum atomic E-state index is -3.24. The molecule has 0 saturated heterocycles. The maximum absolute atomic E-state index is 12.8. The molecule has 0 aliphatic carbocycles. The van der Waals surface area contributed by atoms with E-state index in [0.29, 0.717) is 10.6 Å². The summed E-state index contributed by atoms with van der Waals surface area (Å²) < 4.78 is 24.3. The quantitative estimate of drug-likeness (QED) is 0.796. The summed E-state index contributed by atoms with van der Waals surface area (Å²) in [5.74, 6) is -0.274. The number of halogens is 1. The van der Waals surface area contributed by atoms with Gasteiger partial charge in [0.1, 0.15) is 0 Å². The number of sulfone groups is 1. The fourth-order valence-corrected chi connectivity index (χ4v) is 4.49. The van der Waals surface area contributed by atoms with E-state index in [1.807, 2.05) is 17.5 Å². The highest BCUT2D eigenvalue weighted by atomic mass is 79.9. The second-order valence-electron chi connectivity index (χ2n) is 4.85. The molecule has 1 atom stereocenters. The Labute approximate surface area is 141 Å². The van der Waals surface area contributed by atoms with Gasteiger partial charge in [-0.2, -0.15) is 0 Å². The minimum absolute atomic E-state index is 0.0832. The third-order valence-corrected chi connectivity index (χ3v) is 6.06. The van der Waals surface area contributed by atoms with E-state index < -0.39 is 15.9 Å². The maximum atomic E-state index is 12.8. The molecule has 0 N–H and O–H groups in total. The molecule has 3 rings (SSSR count). The number of rotatable bonds is 3. The van der Waals surface area contributed by atoms with Crippen LogP contribution in [0.4, 0.5) is 5.69 Å². The van der Waals surface area contributed by atoms with Crippen LogP contribution in [-0.4, -0.2) is 26.1 Å². The van der Waals surface area contributed by atoms with Crippen molar-refractivity contribution in [2.75, 3.05) is 10.7 Å². The van der Waals surface area contributed by atoms with Crippen LogP contribution in [0.3, 0.4) is 0 Å². The van der Waals surface area contributed by atoms with Crippen LogP contribution in [0.5, 0.6) is 0 Å². The summed E-state index contributed by atoms with van der Waals surface area (Å²) in [6, 6.07) is 10.3. The van der Waals surface area contributed by atoms with Crippen LogP contribution in [-0.2, 0) is 9.84 Å². The van der Waals surface area contributed by atoms with E-state index >= 15 is 0 Å². The molecular formula is C15H12BrNO3S2. The third kappa shape index (κ3) is 3.16. The zero-order chi connectivity index (χ0) is 15.7. The Morgan fingerprint density at radius 2 is 1.95 bits per heavy atom. The number of hydrogen-bond acceptors (Lipinski definition) is 4. The van der Waals surface area contributed by atoms with E-state index in [0.717, 1.165) is 4.47 Å². The molecule has 0 bridgehead atoms. The second-order valence-corrected chi connectivity index (χ2v) is 8.65. The van der Waals surface area contributed by atoms with Crippen LogP contribution in [0.1, 0.15) is 9.67 Å². The lowest BCUT2D eigenvalue weighted by atomic mass is 10.2. The molecule has 0 unspecified atom stereocenters. The molecule has 1 aliphatic rings. The van der Waals surface area contributed by atoms with Gasteiger partial charge in [0, 0.05) is 15.6 Å². The molecule has 1 aromatic carbocycles. The topological polar surface area (TPSA) is 54.5 Å². The number of benzene rings is 1. The lowest BCUT2D eigenvalue weighted by Crippen LogP contribution is -2.40. The maximum Gasteiger partial charge on any atom is 0.268 e. The molecule has 114 valence electrons. The number of amides is 1. The Balaban J connectivity index is 2.01. The van der Waals surface area contributed by atoms with Crippen molar-refractivity contribution in [3.05, 3.63) is 62.6 Å². The van der Waals surface area contributed by atoms with Crippen LogP contribution < -0.4 is 4.90 Å². The average molecular weight is 398 g/mol. The van der Waals surface area contributed by atoms with Gasteiger partial charge in [-0.1, -0.05) is 22.0 Å². The van der Waals surface area contributed by atoms with Crippen molar-refractivity contribution in [1.82, 2.24) is 0 Å². The average Bonchev–Trinajstić information content (AvgIpc) is 3.11. The van der Waals surface area contributed by atoms with Crippen molar-refractivity contribution in [3.8, 4) is 0 Å². The summed E-state index contributed by atoms with van der Waals surface area (Å²) in [4.78, 5) is 14.9. The molecule has 0 spiro atoms. The van der Waals surface area contributed by atoms with Gasteiger partial charge < -0.3 is 0 Å². The van der Waals surface area contributed by atoms with Gasteiger partial charge in [-0.3, -0.25) is 9.69 Å². The van der Waals surface area contributed by atoms with E-state index in [1.54, 1.807) is 35.2 Å². The number of carbonyl (C=O) groups is 1. The third-order valence-electron chi connectivity index (χ3n) is 3.30. The highest BCUT2D eigenvalue weighted by molar-refractivity contribution is 9.10. The fourth-order valence-electron chi connectivity index (χ4n) is 2.30. The Bertz CT molecular complexity index is 811. The molecule has 0 radical (unpaired) electrons. The van der Waals surface area contributed by atoms with Crippen LogP contribution in [0, 0.1) is 0 Å². The number of thiophene rings is 1. The molecular weight excluding hydrogens is 386 g/mol. The van der Waals surface area contributed by atoms with Crippen molar-refractivity contribution in [2.24, 2.45) is 0 Å². The second kappa shape index (κ2) is 5.98. The van der Waals surface area contributed by atoms with Crippen molar-refractivity contribution in [2.45, 2.75) is 6.04 Å². The van der Waals surface area contributed by atoms with Gasteiger partial charge >= 0.3 is 0 Å². The molecule has 2 aromatic rings. The van der Waals surface area contributed by atoms with Gasteiger partial charge in [0.25, 0.3) is 5.91 Å². The van der Waals surface area contributed by atoms with Crippen LogP contribution >= 0.6 is 27.3 Å². The Morgan fingerprint density at radius 3 is 2.50 bits per heavy atom. The summed E-state index contributed by atoms with van der Waals surface area (Å²) in [6.07, 6.45) is 1.57. The summed E-state index contributed by atoms with van der Waals surface area (Å²) in [5.41, 5.74) is 0.674. The predicted molar refractivity (Wildman–Crippen MR) is 92.0 cm³/mol. The first kappa shape index (κ1) is 15.5. The van der Waals surface area contributed by atoms with Gasteiger partial charge in [-0.25, -0.2) is 8.42 Å². The zero-order valence-corrected chi connectivity index (χ0v) is 14.6. The van der Waals surface area contributed by atoms with E-state index in [4.69, 9.17) is 0 Å². The van der Waals surface area contributed by atoms with Gasteiger partial charge in [0.2, 0.25) is 0 Å². The van der Waals surface area contributed by atoms with Crippen molar-refractivity contribution >= 4 is 48.7 Å². The van der Waals surface area contributed by atoms with Crippen molar-refractivity contribution in [3.63, 3.8) is 0 Å². The molecule has 0 saturated carbocycles. The van der Waals surface area contributed by atoms with Gasteiger partial charge in [-0.05, 0) is 41.8 Å². The summed E-state index contributed by atoms with van der Waals surface area (Å²) in [7, 11) is -3.24. The number of carbonyl (C=O) groups excluding carboxylic acids is 1.